The van der Waals surface area contributed by atoms with Crippen molar-refractivity contribution in [3.8, 4) is 17.4 Å². The predicted octanol–water partition coefficient (Wildman–Crippen LogP) is 2.73. The van der Waals surface area contributed by atoms with Gasteiger partial charge >= 0.3 is 0 Å². The van der Waals surface area contributed by atoms with E-state index in [9.17, 15) is 19.7 Å². The monoisotopic (exact) mass is 349 g/mol. The van der Waals surface area contributed by atoms with E-state index < -0.39 is 16.7 Å². The van der Waals surface area contributed by atoms with Crippen LogP contribution in [0.3, 0.4) is 0 Å². The zero-order chi connectivity index (χ0) is 18.8. The molecule has 0 atom stereocenters. The van der Waals surface area contributed by atoms with Crippen LogP contribution in [0.25, 0.3) is 17.4 Å². The Morgan fingerprint density at radius 2 is 2.00 bits per heavy atom. The van der Waals surface area contributed by atoms with Gasteiger partial charge in [-0.3, -0.25) is 25.0 Å². The Labute approximate surface area is 147 Å². The van der Waals surface area contributed by atoms with Crippen molar-refractivity contribution in [3.05, 3.63) is 69.0 Å². The van der Waals surface area contributed by atoms with Gasteiger partial charge in [0.25, 0.3) is 17.5 Å². The number of amides is 2. The van der Waals surface area contributed by atoms with Crippen LogP contribution >= 0.6 is 0 Å². The molecule has 0 bridgehead atoms. The van der Waals surface area contributed by atoms with E-state index in [1.165, 1.54) is 25.1 Å². The molecule has 0 unspecified atom stereocenters. The summed E-state index contributed by atoms with van der Waals surface area (Å²) in [6.45, 7) is 1.51. The molecule has 8 heteroatoms. The number of rotatable bonds is 3. The van der Waals surface area contributed by atoms with Crippen LogP contribution in [0.4, 0.5) is 5.69 Å². The molecule has 0 saturated heterocycles. The lowest BCUT2D eigenvalue weighted by Gasteiger charge is -2.15. The average Bonchev–Trinajstić information content (AvgIpc) is 3.07. The van der Waals surface area contributed by atoms with Crippen LogP contribution < -0.4 is 5.32 Å². The maximum Gasteiger partial charge on any atom is 0.270 e. The average molecular weight is 349 g/mol. The van der Waals surface area contributed by atoms with Crippen LogP contribution in [0.15, 0.2) is 57.5 Å². The topological polar surface area (TPSA) is 126 Å². The van der Waals surface area contributed by atoms with E-state index in [4.69, 9.17) is 9.68 Å². The molecule has 128 valence electrons. The number of hydrogen-bond donors (Lipinski definition) is 1. The number of nitro benzene ring substituents is 1. The van der Waals surface area contributed by atoms with Gasteiger partial charge in [-0.1, -0.05) is 12.1 Å². The van der Waals surface area contributed by atoms with Gasteiger partial charge in [-0.2, -0.15) is 5.26 Å². The Morgan fingerprint density at radius 1 is 1.23 bits per heavy atom. The third kappa shape index (κ3) is 3.01. The smallest absolute Gasteiger partial charge is 0.270 e. The zero-order valence-corrected chi connectivity index (χ0v) is 13.5. The van der Waals surface area contributed by atoms with Crippen molar-refractivity contribution in [3.63, 3.8) is 0 Å². The van der Waals surface area contributed by atoms with E-state index in [1.54, 1.807) is 30.3 Å². The van der Waals surface area contributed by atoms with Crippen LogP contribution in [0.5, 0.6) is 0 Å². The third-order valence-corrected chi connectivity index (χ3v) is 3.84. The SMILES string of the molecule is CC1=C(C#N)C(=O)NC(=O)/C1=C\c1ccc(-c2cccc([N+](=O)[O-])c2)o1. The summed E-state index contributed by atoms with van der Waals surface area (Å²) >= 11 is 0. The molecule has 1 aliphatic heterocycles. The van der Waals surface area contributed by atoms with Crippen LogP contribution in [-0.2, 0) is 9.59 Å². The molecule has 1 aliphatic rings. The Kier molecular flexibility index (Phi) is 4.21. The van der Waals surface area contributed by atoms with Crippen LogP contribution in [0.1, 0.15) is 12.7 Å². The van der Waals surface area contributed by atoms with Gasteiger partial charge in [0.05, 0.1) is 4.92 Å². The number of benzene rings is 1. The van der Waals surface area contributed by atoms with Crippen molar-refractivity contribution in [1.29, 1.82) is 5.26 Å². The van der Waals surface area contributed by atoms with Gasteiger partial charge in [0.15, 0.2) is 0 Å². The first-order valence-corrected chi connectivity index (χ1v) is 7.44. The number of hydrogen-bond acceptors (Lipinski definition) is 6. The molecule has 0 radical (unpaired) electrons. The summed E-state index contributed by atoms with van der Waals surface area (Å²) in [5.74, 6) is -0.665. The molecule has 0 fully saturated rings. The van der Waals surface area contributed by atoms with Crippen molar-refractivity contribution in [2.45, 2.75) is 6.92 Å². The normalized spacial score (nSPS) is 15.8. The van der Waals surface area contributed by atoms with E-state index >= 15 is 0 Å². The predicted molar refractivity (Wildman–Crippen MR) is 90.2 cm³/mol. The number of imide groups is 1. The van der Waals surface area contributed by atoms with E-state index in [-0.39, 0.29) is 22.4 Å². The molecule has 1 aromatic heterocycles. The fraction of sp³-hybridized carbons (Fsp3) is 0.0556. The molecule has 3 rings (SSSR count). The molecule has 26 heavy (non-hydrogen) atoms. The molecule has 0 spiro atoms. The molecule has 2 amide bonds. The van der Waals surface area contributed by atoms with E-state index in [0.717, 1.165) is 0 Å². The van der Waals surface area contributed by atoms with Crippen molar-refractivity contribution in [1.82, 2.24) is 5.32 Å². The zero-order valence-electron chi connectivity index (χ0n) is 13.5. The van der Waals surface area contributed by atoms with E-state index in [1.807, 2.05) is 0 Å². The Bertz CT molecular complexity index is 1050. The maximum absolute atomic E-state index is 12.0. The Hall–Kier alpha value is -3.99. The molecular weight excluding hydrogens is 338 g/mol. The number of carbonyl (C=O) groups excluding carboxylic acids is 2. The summed E-state index contributed by atoms with van der Waals surface area (Å²) in [4.78, 5) is 34.0. The van der Waals surface area contributed by atoms with Gasteiger partial charge in [0.1, 0.15) is 23.2 Å². The van der Waals surface area contributed by atoms with Gasteiger partial charge in [0, 0.05) is 23.3 Å². The third-order valence-electron chi connectivity index (χ3n) is 3.84. The fourth-order valence-electron chi connectivity index (χ4n) is 2.52. The standard InChI is InChI=1S/C18H11N3O5/c1-10-14(17(22)20-18(23)15(10)9-19)8-13-5-6-16(26-13)11-3-2-4-12(7-11)21(24)25/h2-8H,1H3,(H,20,22,23)/b14-8-. The van der Waals surface area contributed by atoms with Crippen LogP contribution in [-0.4, -0.2) is 16.7 Å². The summed E-state index contributed by atoms with van der Waals surface area (Å²) in [6.07, 6.45) is 1.41. The van der Waals surface area contributed by atoms with Crippen molar-refractivity contribution >= 4 is 23.6 Å². The highest BCUT2D eigenvalue weighted by atomic mass is 16.6. The Morgan fingerprint density at radius 3 is 2.69 bits per heavy atom. The lowest BCUT2D eigenvalue weighted by molar-refractivity contribution is -0.384. The highest BCUT2D eigenvalue weighted by molar-refractivity contribution is 6.19. The van der Waals surface area contributed by atoms with Crippen molar-refractivity contribution in [2.24, 2.45) is 0 Å². The molecule has 8 nitrogen and oxygen atoms in total. The first-order chi connectivity index (χ1) is 12.4. The summed E-state index contributed by atoms with van der Waals surface area (Å²) in [7, 11) is 0. The summed E-state index contributed by atoms with van der Waals surface area (Å²) in [6, 6.07) is 10.9. The first-order valence-electron chi connectivity index (χ1n) is 7.44. The second-order valence-electron chi connectivity index (χ2n) is 5.46. The highest BCUT2D eigenvalue weighted by Crippen LogP contribution is 2.28. The van der Waals surface area contributed by atoms with E-state index in [2.05, 4.69) is 5.32 Å². The van der Waals surface area contributed by atoms with Crippen LogP contribution in [0, 0.1) is 21.4 Å². The van der Waals surface area contributed by atoms with Gasteiger partial charge < -0.3 is 4.42 Å². The summed E-state index contributed by atoms with van der Waals surface area (Å²) in [5, 5.41) is 22.0. The molecule has 0 aliphatic carbocycles. The lowest BCUT2D eigenvalue weighted by atomic mass is 9.96. The molecule has 0 saturated carbocycles. The fourth-order valence-corrected chi connectivity index (χ4v) is 2.52. The second kappa shape index (κ2) is 6.49. The minimum Gasteiger partial charge on any atom is -0.457 e. The van der Waals surface area contributed by atoms with Crippen molar-refractivity contribution < 1.29 is 18.9 Å². The lowest BCUT2D eigenvalue weighted by Crippen LogP contribution is -2.37. The molecule has 1 N–H and O–H groups in total. The highest BCUT2D eigenvalue weighted by Gasteiger charge is 2.27. The number of furan rings is 1. The summed E-state index contributed by atoms with van der Waals surface area (Å²) < 4.78 is 5.63. The maximum atomic E-state index is 12.0. The minimum atomic E-state index is -0.733. The van der Waals surface area contributed by atoms with Crippen molar-refractivity contribution in [2.75, 3.05) is 0 Å². The molecule has 2 aromatic rings. The number of nitrogens with zero attached hydrogens (tertiary/aromatic N) is 2. The number of nitriles is 1. The van der Waals surface area contributed by atoms with Gasteiger partial charge in [-0.05, 0) is 30.7 Å². The largest absolute Gasteiger partial charge is 0.457 e. The number of carbonyl (C=O) groups is 2. The number of nitrogens with one attached hydrogen (secondary N) is 1. The summed E-state index contributed by atoms with van der Waals surface area (Å²) in [5.41, 5.74) is 0.704. The van der Waals surface area contributed by atoms with Gasteiger partial charge in [-0.25, -0.2) is 0 Å². The number of non-ortho nitro benzene ring substituents is 1. The van der Waals surface area contributed by atoms with Gasteiger partial charge in [-0.15, -0.1) is 0 Å². The minimum absolute atomic E-state index is 0.0681. The quantitative estimate of drug-likeness (QED) is 0.393. The first kappa shape index (κ1) is 16.9. The number of nitro groups is 1. The molecule has 1 aromatic carbocycles. The Balaban J connectivity index is 1.99. The van der Waals surface area contributed by atoms with Gasteiger partial charge in [0.2, 0.25) is 0 Å². The van der Waals surface area contributed by atoms with E-state index in [0.29, 0.717) is 17.1 Å². The van der Waals surface area contributed by atoms with Crippen LogP contribution in [0.2, 0.25) is 0 Å². The molecule has 2 heterocycles. The molecular formula is C18H11N3O5. The second-order valence-corrected chi connectivity index (χ2v) is 5.46.